The van der Waals surface area contributed by atoms with Crippen LogP contribution in [0.15, 0.2) is 0 Å². The summed E-state index contributed by atoms with van der Waals surface area (Å²) in [4.78, 5) is 15.7. The summed E-state index contributed by atoms with van der Waals surface area (Å²) in [5.74, 6) is 0.698. The van der Waals surface area contributed by atoms with Crippen LogP contribution >= 0.6 is 11.5 Å². The van der Waals surface area contributed by atoms with Crippen LogP contribution in [0.3, 0.4) is 0 Å². The zero-order chi connectivity index (χ0) is 9.97. The number of anilines is 1. The maximum Gasteiger partial charge on any atom is 0.243 e. The molecule has 1 aliphatic rings. The molecule has 0 aliphatic carbocycles. The molecule has 0 spiro atoms. The third kappa shape index (κ3) is 2.08. The number of carbonyl (C=O) groups is 1. The Kier molecular flexibility index (Phi) is 2.74. The molecule has 1 aromatic heterocycles. The van der Waals surface area contributed by atoms with Crippen molar-refractivity contribution in [2.45, 2.75) is 25.8 Å². The Balaban J connectivity index is 1.93. The van der Waals surface area contributed by atoms with Gasteiger partial charge in [0.05, 0.1) is 6.04 Å². The molecule has 6 heteroatoms. The number of hydrogen-bond acceptors (Lipinski definition) is 5. The molecular weight excluding hydrogens is 200 g/mol. The van der Waals surface area contributed by atoms with Gasteiger partial charge in [0.1, 0.15) is 5.82 Å². The van der Waals surface area contributed by atoms with Gasteiger partial charge >= 0.3 is 0 Å². The Bertz CT molecular complexity index is 332. The maximum atomic E-state index is 11.6. The minimum absolute atomic E-state index is 0.00125. The lowest BCUT2D eigenvalue weighted by molar-refractivity contribution is -0.117. The smallest absolute Gasteiger partial charge is 0.243 e. The number of aromatic nitrogens is 2. The van der Waals surface area contributed by atoms with Crippen molar-refractivity contribution in [3.05, 3.63) is 5.82 Å². The highest BCUT2D eigenvalue weighted by Gasteiger charge is 2.22. The fourth-order valence-electron chi connectivity index (χ4n) is 1.45. The van der Waals surface area contributed by atoms with E-state index in [0.29, 0.717) is 11.0 Å². The second kappa shape index (κ2) is 4.02. The molecular formula is C8H12N4OS. The summed E-state index contributed by atoms with van der Waals surface area (Å²) >= 11 is 1.22. The van der Waals surface area contributed by atoms with Crippen LogP contribution in [0.4, 0.5) is 5.13 Å². The van der Waals surface area contributed by atoms with E-state index in [2.05, 4.69) is 20.0 Å². The molecule has 1 aromatic rings. The average Bonchev–Trinajstić information content (AvgIpc) is 2.75. The monoisotopic (exact) mass is 212 g/mol. The minimum atomic E-state index is -0.0563. The first-order valence-electron chi connectivity index (χ1n) is 4.60. The standard InChI is InChI=1S/C8H12N4OS/c1-5-10-8(14-12-5)11-7(13)6-3-2-4-9-6/h6,9H,2-4H2,1H3,(H,10,11,12,13)/t6-/m1/s1. The van der Waals surface area contributed by atoms with E-state index < -0.39 is 0 Å². The van der Waals surface area contributed by atoms with Gasteiger partial charge in [-0.05, 0) is 26.3 Å². The van der Waals surface area contributed by atoms with Gasteiger partial charge in [0, 0.05) is 11.5 Å². The predicted molar refractivity (Wildman–Crippen MR) is 54.3 cm³/mol. The zero-order valence-corrected chi connectivity index (χ0v) is 8.73. The lowest BCUT2D eigenvalue weighted by Crippen LogP contribution is -2.35. The molecule has 0 radical (unpaired) electrons. The number of rotatable bonds is 2. The van der Waals surface area contributed by atoms with Crippen molar-refractivity contribution in [3.8, 4) is 0 Å². The van der Waals surface area contributed by atoms with Gasteiger partial charge in [0.25, 0.3) is 0 Å². The number of carbonyl (C=O) groups excluding carboxylic acids is 1. The van der Waals surface area contributed by atoms with Crippen molar-refractivity contribution in [1.29, 1.82) is 0 Å². The fraction of sp³-hybridized carbons (Fsp3) is 0.625. The topological polar surface area (TPSA) is 66.9 Å². The highest BCUT2D eigenvalue weighted by Crippen LogP contribution is 2.12. The van der Waals surface area contributed by atoms with E-state index in [1.54, 1.807) is 6.92 Å². The lowest BCUT2D eigenvalue weighted by atomic mass is 10.2. The summed E-state index contributed by atoms with van der Waals surface area (Å²) in [6, 6.07) is -0.0563. The molecule has 2 N–H and O–H groups in total. The van der Waals surface area contributed by atoms with E-state index in [-0.39, 0.29) is 11.9 Å². The normalized spacial score (nSPS) is 21.1. The van der Waals surface area contributed by atoms with Gasteiger partial charge in [-0.25, -0.2) is 4.98 Å². The largest absolute Gasteiger partial charge is 0.306 e. The van der Waals surface area contributed by atoms with Crippen LogP contribution in [0.5, 0.6) is 0 Å². The third-order valence-electron chi connectivity index (χ3n) is 2.13. The van der Waals surface area contributed by atoms with Crippen LogP contribution in [-0.2, 0) is 4.79 Å². The van der Waals surface area contributed by atoms with Crippen molar-refractivity contribution in [1.82, 2.24) is 14.7 Å². The van der Waals surface area contributed by atoms with Crippen LogP contribution < -0.4 is 10.6 Å². The first kappa shape index (κ1) is 9.54. The molecule has 2 heterocycles. The predicted octanol–water partition coefficient (Wildman–Crippen LogP) is 0.537. The van der Waals surface area contributed by atoms with Gasteiger partial charge in [0.2, 0.25) is 11.0 Å². The molecule has 14 heavy (non-hydrogen) atoms. The van der Waals surface area contributed by atoms with Crippen LogP contribution in [0.25, 0.3) is 0 Å². The second-order valence-corrected chi connectivity index (χ2v) is 4.04. The summed E-state index contributed by atoms with van der Waals surface area (Å²) < 4.78 is 3.99. The average molecular weight is 212 g/mol. The van der Waals surface area contributed by atoms with Crippen LogP contribution in [-0.4, -0.2) is 27.9 Å². The van der Waals surface area contributed by atoms with E-state index >= 15 is 0 Å². The van der Waals surface area contributed by atoms with Gasteiger partial charge in [0.15, 0.2) is 0 Å². The molecule has 2 rings (SSSR count). The summed E-state index contributed by atoms with van der Waals surface area (Å²) in [5, 5.41) is 6.46. The van der Waals surface area contributed by atoms with Gasteiger partial charge in [-0.2, -0.15) is 4.37 Å². The molecule has 0 aromatic carbocycles. The molecule has 1 amide bonds. The summed E-state index contributed by atoms with van der Waals surface area (Å²) in [6.07, 6.45) is 1.97. The molecule has 1 atom stereocenters. The number of hydrogen-bond donors (Lipinski definition) is 2. The number of aryl methyl sites for hydroxylation is 1. The van der Waals surface area contributed by atoms with Crippen molar-refractivity contribution in [3.63, 3.8) is 0 Å². The summed E-state index contributed by atoms with van der Waals surface area (Å²) in [7, 11) is 0. The zero-order valence-electron chi connectivity index (χ0n) is 7.91. The highest BCUT2D eigenvalue weighted by atomic mass is 32.1. The third-order valence-corrected chi connectivity index (χ3v) is 2.86. The number of amides is 1. The Morgan fingerprint density at radius 3 is 3.14 bits per heavy atom. The number of nitrogens with zero attached hydrogens (tertiary/aromatic N) is 2. The van der Waals surface area contributed by atoms with E-state index in [0.717, 1.165) is 19.4 Å². The quantitative estimate of drug-likeness (QED) is 0.750. The number of nitrogens with one attached hydrogen (secondary N) is 2. The minimum Gasteiger partial charge on any atom is -0.306 e. The molecule has 76 valence electrons. The molecule has 1 fully saturated rings. The van der Waals surface area contributed by atoms with Crippen molar-refractivity contribution in [2.75, 3.05) is 11.9 Å². The molecule has 0 bridgehead atoms. The lowest BCUT2D eigenvalue weighted by Gasteiger charge is -2.07. The Morgan fingerprint density at radius 2 is 2.57 bits per heavy atom. The highest BCUT2D eigenvalue weighted by molar-refractivity contribution is 7.09. The molecule has 1 saturated heterocycles. The van der Waals surface area contributed by atoms with E-state index in [9.17, 15) is 4.79 Å². The molecule has 1 aliphatic heterocycles. The summed E-state index contributed by atoms with van der Waals surface area (Å²) in [5.41, 5.74) is 0. The fourth-order valence-corrected chi connectivity index (χ4v) is 2.03. The summed E-state index contributed by atoms with van der Waals surface area (Å²) in [6.45, 7) is 2.73. The second-order valence-electron chi connectivity index (χ2n) is 3.28. The molecule has 0 saturated carbocycles. The first-order chi connectivity index (χ1) is 6.75. The molecule has 0 unspecified atom stereocenters. The van der Waals surface area contributed by atoms with Crippen LogP contribution in [0.1, 0.15) is 18.7 Å². The first-order valence-corrected chi connectivity index (χ1v) is 5.37. The van der Waals surface area contributed by atoms with E-state index in [1.807, 2.05) is 0 Å². The van der Waals surface area contributed by atoms with Gasteiger partial charge in [-0.15, -0.1) is 0 Å². The Morgan fingerprint density at radius 1 is 1.71 bits per heavy atom. The van der Waals surface area contributed by atoms with Crippen LogP contribution in [0, 0.1) is 6.92 Å². The SMILES string of the molecule is Cc1nsc(NC(=O)[C@H]2CCCN2)n1. The van der Waals surface area contributed by atoms with Crippen LogP contribution in [0.2, 0.25) is 0 Å². The Labute approximate surface area is 86.1 Å². The van der Waals surface area contributed by atoms with E-state index in [1.165, 1.54) is 11.5 Å². The Hall–Kier alpha value is -1.01. The van der Waals surface area contributed by atoms with Gasteiger partial charge < -0.3 is 5.32 Å². The maximum absolute atomic E-state index is 11.6. The van der Waals surface area contributed by atoms with Crippen molar-refractivity contribution < 1.29 is 4.79 Å². The van der Waals surface area contributed by atoms with Gasteiger partial charge in [-0.1, -0.05) is 0 Å². The van der Waals surface area contributed by atoms with E-state index in [4.69, 9.17) is 0 Å². The van der Waals surface area contributed by atoms with Crippen molar-refractivity contribution >= 4 is 22.6 Å². The van der Waals surface area contributed by atoms with Gasteiger partial charge in [-0.3, -0.25) is 10.1 Å². The van der Waals surface area contributed by atoms with Crippen molar-refractivity contribution in [2.24, 2.45) is 0 Å². The molecule has 5 nitrogen and oxygen atoms in total.